The summed E-state index contributed by atoms with van der Waals surface area (Å²) in [7, 11) is 1.60. The van der Waals surface area contributed by atoms with E-state index in [0.29, 0.717) is 23.8 Å². The van der Waals surface area contributed by atoms with Gasteiger partial charge >= 0.3 is 6.03 Å². The Morgan fingerprint density at radius 1 is 1.24 bits per heavy atom. The molecule has 0 aliphatic carbocycles. The molecule has 9 heteroatoms. The Morgan fingerprint density at radius 3 is 2.55 bits per heavy atom. The van der Waals surface area contributed by atoms with Crippen LogP contribution in [-0.4, -0.2) is 53.3 Å². The third-order valence-electron chi connectivity index (χ3n) is 5.10. The van der Waals surface area contributed by atoms with Gasteiger partial charge in [0.05, 0.1) is 7.11 Å². The largest absolute Gasteiger partial charge is 0.497 e. The van der Waals surface area contributed by atoms with Gasteiger partial charge in [0, 0.05) is 30.7 Å². The van der Waals surface area contributed by atoms with Gasteiger partial charge in [-0.1, -0.05) is 18.3 Å². The Labute approximate surface area is 174 Å². The van der Waals surface area contributed by atoms with Gasteiger partial charge in [0.1, 0.15) is 10.8 Å². The summed E-state index contributed by atoms with van der Waals surface area (Å²) in [4.78, 5) is 26.5. The highest BCUT2D eigenvalue weighted by Crippen LogP contribution is 2.30. The fourth-order valence-electron chi connectivity index (χ4n) is 3.08. The molecule has 1 aromatic carbocycles. The van der Waals surface area contributed by atoms with Crippen LogP contribution in [0.4, 0.5) is 10.5 Å². The summed E-state index contributed by atoms with van der Waals surface area (Å²) in [6, 6.07) is 7.29. The molecule has 1 aliphatic heterocycles. The molecule has 156 valence electrons. The minimum absolute atomic E-state index is 0.00498. The van der Waals surface area contributed by atoms with Crippen molar-refractivity contribution in [1.29, 1.82) is 0 Å². The normalized spacial score (nSPS) is 15.6. The molecule has 0 radical (unpaired) electrons. The molecule has 1 atom stereocenters. The Kier molecular flexibility index (Phi) is 7.03. The van der Waals surface area contributed by atoms with Crippen LogP contribution in [0, 0.1) is 0 Å². The van der Waals surface area contributed by atoms with Gasteiger partial charge in [0.15, 0.2) is 0 Å². The number of urea groups is 1. The quantitative estimate of drug-likeness (QED) is 0.750. The molecular weight excluding hydrogens is 390 g/mol. The SMILES string of the molecule is CC[C@H](C)NC(=O)N1CCC(c2nnc(C(=O)Nc3ccc(OC)cc3)s2)CC1. The standard InChI is InChI=1S/C20H27N5O3S/c1-4-13(2)21-20(27)25-11-9-14(10-12-25)18-23-24-19(29-18)17(26)22-15-5-7-16(28-3)8-6-15/h5-8,13-14H,4,9-12H2,1-3H3,(H,21,27)(H,22,26)/t13-/m0/s1. The van der Waals surface area contributed by atoms with E-state index in [1.807, 2.05) is 11.8 Å². The van der Waals surface area contributed by atoms with E-state index >= 15 is 0 Å². The average molecular weight is 418 g/mol. The van der Waals surface area contributed by atoms with Gasteiger partial charge in [-0.15, -0.1) is 10.2 Å². The number of nitrogens with zero attached hydrogens (tertiary/aromatic N) is 3. The summed E-state index contributed by atoms with van der Waals surface area (Å²) in [6.45, 7) is 5.42. The molecule has 3 amide bonds. The number of benzene rings is 1. The van der Waals surface area contributed by atoms with Crippen molar-refractivity contribution in [3.63, 3.8) is 0 Å². The molecule has 0 saturated carbocycles. The Morgan fingerprint density at radius 2 is 1.93 bits per heavy atom. The Balaban J connectivity index is 1.53. The molecule has 0 unspecified atom stereocenters. The van der Waals surface area contributed by atoms with Gasteiger partial charge in [-0.25, -0.2) is 4.79 Å². The molecule has 29 heavy (non-hydrogen) atoms. The van der Waals surface area contributed by atoms with E-state index in [4.69, 9.17) is 4.74 Å². The molecule has 1 fully saturated rings. The van der Waals surface area contributed by atoms with E-state index in [1.165, 1.54) is 11.3 Å². The van der Waals surface area contributed by atoms with E-state index in [1.54, 1.807) is 31.4 Å². The van der Waals surface area contributed by atoms with Gasteiger partial charge in [-0.05, 0) is 50.5 Å². The molecule has 0 bridgehead atoms. The number of carbonyl (C=O) groups excluding carboxylic acids is 2. The predicted molar refractivity (Wildman–Crippen MR) is 113 cm³/mol. The number of likely N-dealkylation sites (tertiary alicyclic amines) is 1. The van der Waals surface area contributed by atoms with Crippen molar-refractivity contribution in [2.45, 2.75) is 45.1 Å². The van der Waals surface area contributed by atoms with Crippen LogP contribution in [-0.2, 0) is 0 Å². The maximum Gasteiger partial charge on any atom is 0.317 e. The molecule has 2 heterocycles. The number of methoxy groups -OCH3 is 1. The second-order valence-electron chi connectivity index (χ2n) is 7.15. The number of carbonyl (C=O) groups is 2. The molecule has 1 aliphatic rings. The van der Waals surface area contributed by atoms with Crippen molar-refractivity contribution in [3.8, 4) is 5.75 Å². The van der Waals surface area contributed by atoms with Gasteiger partial charge in [-0.3, -0.25) is 4.79 Å². The Bertz CT molecular complexity index is 831. The van der Waals surface area contributed by atoms with Crippen LogP contribution in [0.1, 0.15) is 53.8 Å². The highest BCUT2D eigenvalue weighted by atomic mass is 32.1. The first-order valence-electron chi connectivity index (χ1n) is 9.84. The fourth-order valence-corrected chi connectivity index (χ4v) is 3.99. The third-order valence-corrected chi connectivity index (χ3v) is 6.18. The zero-order valence-corrected chi connectivity index (χ0v) is 17.8. The number of anilines is 1. The number of hydrogen-bond donors (Lipinski definition) is 2. The Hall–Kier alpha value is -2.68. The van der Waals surface area contributed by atoms with Crippen molar-refractivity contribution in [2.75, 3.05) is 25.5 Å². The summed E-state index contributed by atoms with van der Waals surface area (Å²) in [5.74, 6) is 0.678. The van der Waals surface area contributed by atoms with Crippen molar-refractivity contribution in [3.05, 3.63) is 34.3 Å². The summed E-state index contributed by atoms with van der Waals surface area (Å²) in [5, 5.41) is 15.3. The predicted octanol–water partition coefficient (Wildman–Crippen LogP) is 3.49. The first-order chi connectivity index (χ1) is 14.0. The van der Waals surface area contributed by atoms with Gasteiger partial charge in [0.2, 0.25) is 5.01 Å². The van der Waals surface area contributed by atoms with E-state index < -0.39 is 0 Å². The molecule has 1 aromatic heterocycles. The number of piperidine rings is 1. The number of hydrogen-bond acceptors (Lipinski definition) is 6. The lowest BCUT2D eigenvalue weighted by Crippen LogP contribution is -2.46. The zero-order valence-electron chi connectivity index (χ0n) is 17.0. The lowest BCUT2D eigenvalue weighted by molar-refractivity contribution is 0.102. The van der Waals surface area contributed by atoms with Crippen LogP contribution in [0.5, 0.6) is 5.75 Å². The third kappa shape index (κ3) is 5.44. The van der Waals surface area contributed by atoms with Crippen molar-refractivity contribution < 1.29 is 14.3 Å². The molecule has 0 spiro atoms. The average Bonchev–Trinajstić information content (AvgIpc) is 3.24. The number of ether oxygens (including phenoxy) is 1. The highest BCUT2D eigenvalue weighted by molar-refractivity contribution is 7.13. The molecule has 8 nitrogen and oxygen atoms in total. The molecule has 2 aromatic rings. The topological polar surface area (TPSA) is 96.5 Å². The first kappa shape index (κ1) is 21.0. The number of rotatable bonds is 6. The van der Waals surface area contributed by atoms with Crippen LogP contribution >= 0.6 is 11.3 Å². The number of nitrogens with one attached hydrogen (secondary N) is 2. The van der Waals surface area contributed by atoms with Gasteiger partial charge in [0.25, 0.3) is 5.91 Å². The van der Waals surface area contributed by atoms with Crippen molar-refractivity contribution in [1.82, 2.24) is 20.4 Å². The van der Waals surface area contributed by atoms with Crippen molar-refractivity contribution in [2.24, 2.45) is 0 Å². The number of amides is 3. The van der Waals surface area contributed by atoms with Gasteiger partial charge < -0.3 is 20.3 Å². The maximum atomic E-state index is 12.4. The van der Waals surface area contributed by atoms with Crippen LogP contribution in [0.2, 0.25) is 0 Å². The minimum atomic E-state index is -0.274. The lowest BCUT2D eigenvalue weighted by atomic mass is 9.98. The molecule has 2 N–H and O–H groups in total. The lowest BCUT2D eigenvalue weighted by Gasteiger charge is -2.31. The zero-order chi connectivity index (χ0) is 20.8. The van der Waals surface area contributed by atoms with Crippen LogP contribution in [0.3, 0.4) is 0 Å². The summed E-state index contributed by atoms with van der Waals surface area (Å²) in [5.41, 5.74) is 0.674. The summed E-state index contributed by atoms with van der Waals surface area (Å²) >= 11 is 1.32. The molecule has 3 rings (SSSR count). The van der Waals surface area contributed by atoms with Gasteiger partial charge in [-0.2, -0.15) is 0 Å². The maximum absolute atomic E-state index is 12.4. The number of aromatic nitrogens is 2. The molecule has 1 saturated heterocycles. The monoisotopic (exact) mass is 417 g/mol. The molecular formula is C20H27N5O3S. The van der Waals surface area contributed by atoms with Crippen LogP contribution in [0.15, 0.2) is 24.3 Å². The second kappa shape index (κ2) is 9.69. The van der Waals surface area contributed by atoms with E-state index in [2.05, 4.69) is 27.8 Å². The first-order valence-corrected chi connectivity index (χ1v) is 10.7. The highest BCUT2D eigenvalue weighted by Gasteiger charge is 2.27. The summed E-state index contributed by atoms with van der Waals surface area (Å²) < 4.78 is 5.11. The second-order valence-corrected chi connectivity index (χ2v) is 8.16. The minimum Gasteiger partial charge on any atom is -0.497 e. The van der Waals surface area contributed by atoms with E-state index in [9.17, 15) is 9.59 Å². The smallest absolute Gasteiger partial charge is 0.317 e. The fraction of sp³-hybridized carbons (Fsp3) is 0.500. The summed E-state index contributed by atoms with van der Waals surface area (Å²) in [6.07, 6.45) is 2.56. The van der Waals surface area contributed by atoms with Crippen molar-refractivity contribution >= 4 is 29.0 Å². The van der Waals surface area contributed by atoms with E-state index in [0.717, 1.165) is 30.0 Å². The van der Waals surface area contributed by atoms with E-state index in [-0.39, 0.29) is 23.9 Å². The van der Waals surface area contributed by atoms with Crippen LogP contribution < -0.4 is 15.4 Å². The van der Waals surface area contributed by atoms with Crippen LogP contribution in [0.25, 0.3) is 0 Å².